The Morgan fingerprint density at radius 3 is 2.50 bits per heavy atom. The molecular weight excluding hydrogens is 450 g/mol. The van der Waals surface area contributed by atoms with Gasteiger partial charge in [-0.3, -0.25) is 14.6 Å². The Hall–Kier alpha value is -3.70. The first-order chi connectivity index (χ1) is 15.2. The molecule has 2 heterocycles. The van der Waals surface area contributed by atoms with E-state index in [1.165, 1.54) is 47.9 Å². The van der Waals surface area contributed by atoms with Crippen molar-refractivity contribution in [1.29, 1.82) is 0 Å². The molecule has 2 aromatic heterocycles. The molecule has 4 rings (SSSR count). The number of sulfonamides is 1. The molecule has 4 aromatic rings. The molecule has 11 heteroatoms. The third kappa shape index (κ3) is 4.48. The average Bonchev–Trinajstić information content (AvgIpc) is 3.43. The number of amides is 1. The normalized spacial score (nSPS) is 11.3. The van der Waals surface area contributed by atoms with Crippen molar-refractivity contribution < 1.29 is 18.3 Å². The molecular formula is C21H19N5O4S2. The highest BCUT2D eigenvalue weighted by Crippen LogP contribution is 2.31. The van der Waals surface area contributed by atoms with Crippen LogP contribution < -0.4 is 10.0 Å². The summed E-state index contributed by atoms with van der Waals surface area (Å²) in [6, 6.07) is 10.7. The monoisotopic (exact) mass is 469 g/mol. The standard InChI is InChI=1S/C21H19N5O4S2/c1-12-9-16(19(27)10-13(12)2)17-11-18(25-24-17)20(28)23-14-3-5-15(6-4-14)32(29,30)26-21-22-7-8-31-21/h3-11,27H,1-2H3,(H,22,26)(H,23,28)(H,24,25). The summed E-state index contributed by atoms with van der Waals surface area (Å²) in [4.78, 5) is 16.5. The number of phenols is 1. The number of phenolic OH excluding ortho intramolecular Hbond substituents is 1. The highest BCUT2D eigenvalue weighted by atomic mass is 32.2. The Morgan fingerprint density at radius 1 is 1.09 bits per heavy atom. The minimum Gasteiger partial charge on any atom is -0.507 e. The van der Waals surface area contributed by atoms with Crippen LogP contribution in [0, 0.1) is 13.8 Å². The predicted octanol–water partition coefficient (Wildman–Crippen LogP) is 3.91. The summed E-state index contributed by atoms with van der Waals surface area (Å²) in [6.45, 7) is 3.82. The quantitative estimate of drug-likeness (QED) is 0.338. The maximum atomic E-state index is 12.6. The van der Waals surface area contributed by atoms with Gasteiger partial charge in [0.15, 0.2) is 5.13 Å². The first-order valence-corrected chi connectivity index (χ1v) is 11.8. The number of aromatic hydroxyl groups is 1. The Morgan fingerprint density at radius 2 is 1.81 bits per heavy atom. The van der Waals surface area contributed by atoms with Gasteiger partial charge in [0.25, 0.3) is 15.9 Å². The van der Waals surface area contributed by atoms with Gasteiger partial charge >= 0.3 is 0 Å². The number of aromatic amines is 1. The molecule has 0 saturated heterocycles. The van der Waals surface area contributed by atoms with Crippen LogP contribution in [-0.2, 0) is 10.0 Å². The van der Waals surface area contributed by atoms with Gasteiger partial charge in [0, 0.05) is 22.8 Å². The number of benzene rings is 2. The zero-order valence-electron chi connectivity index (χ0n) is 17.1. The number of carbonyl (C=O) groups is 1. The van der Waals surface area contributed by atoms with Crippen molar-refractivity contribution in [3.63, 3.8) is 0 Å². The number of hydrogen-bond donors (Lipinski definition) is 4. The molecule has 0 aliphatic carbocycles. The topological polar surface area (TPSA) is 137 Å². The number of nitrogens with one attached hydrogen (secondary N) is 3. The number of rotatable bonds is 6. The highest BCUT2D eigenvalue weighted by molar-refractivity contribution is 7.93. The zero-order valence-corrected chi connectivity index (χ0v) is 18.7. The lowest BCUT2D eigenvalue weighted by atomic mass is 10.0. The summed E-state index contributed by atoms with van der Waals surface area (Å²) in [7, 11) is -3.77. The van der Waals surface area contributed by atoms with Gasteiger partial charge in [0.2, 0.25) is 0 Å². The first-order valence-electron chi connectivity index (χ1n) is 9.42. The van der Waals surface area contributed by atoms with Gasteiger partial charge in [0.1, 0.15) is 11.4 Å². The number of aromatic nitrogens is 3. The van der Waals surface area contributed by atoms with Crippen LogP contribution in [0.1, 0.15) is 21.6 Å². The lowest BCUT2D eigenvalue weighted by Crippen LogP contribution is -2.14. The van der Waals surface area contributed by atoms with Gasteiger partial charge < -0.3 is 10.4 Å². The maximum Gasteiger partial charge on any atom is 0.273 e. The van der Waals surface area contributed by atoms with Gasteiger partial charge in [-0.1, -0.05) is 0 Å². The summed E-state index contributed by atoms with van der Waals surface area (Å²) in [5.41, 5.74) is 3.50. The van der Waals surface area contributed by atoms with Crippen LogP contribution in [0.2, 0.25) is 0 Å². The van der Waals surface area contributed by atoms with Crippen molar-refractivity contribution in [3.8, 4) is 17.0 Å². The van der Waals surface area contributed by atoms with Crippen LogP contribution in [-0.4, -0.2) is 34.6 Å². The summed E-state index contributed by atoms with van der Waals surface area (Å²) >= 11 is 1.17. The molecule has 9 nitrogen and oxygen atoms in total. The van der Waals surface area contributed by atoms with Gasteiger partial charge in [-0.05, 0) is 67.4 Å². The van der Waals surface area contributed by atoms with Crippen molar-refractivity contribution in [3.05, 3.63) is 70.9 Å². The third-order valence-corrected chi connectivity index (χ3v) is 6.96. The van der Waals surface area contributed by atoms with E-state index in [0.717, 1.165) is 11.1 Å². The van der Waals surface area contributed by atoms with E-state index in [9.17, 15) is 18.3 Å². The Labute approximate surface area is 188 Å². The fourth-order valence-electron chi connectivity index (χ4n) is 2.95. The highest BCUT2D eigenvalue weighted by Gasteiger charge is 2.17. The summed E-state index contributed by atoms with van der Waals surface area (Å²) in [6.07, 6.45) is 1.50. The van der Waals surface area contributed by atoms with Crippen molar-refractivity contribution in [2.45, 2.75) is 18.7 Å². The van der Waals surface area contributed by atoms with Crippen LogP contribution >= 0.6 is 11.3 Å². The van der Waals surface area contributed by atoms with E-state index in [1.807, 2.05) is 13.8 Å². The van der Waals surface area contributed by atoms with Crippen LogP contribution in [0.5, 0.6) is 5.75 Å². The molecule has 1 amide bonds. The van der Waals surface area contributed by atoms with Crippen molar-refractivity contribution >= 4 is 38.1 Å². The van der Waals surface area contributed by atoms with Gasteiger partial charge in [-0.2, -0.15) is 5.10 Å². The van der Waals surface area contributed by atoms with Gasteiger partial charge in [-0.15, -0.1) is 11.3 Å². The molecule has 0 saturated carbocycles. The molecule has 2 aromatic carbocycles. The van der Waals surface area contributed by atoms with E-state index in [1.54, 1.807) is 17.5 Å². The minimum absolute atomic E-state index is 0.0414. The Bertz CT molecular complexity index is 1380. The van der Waals surface area contributed by atoms with Crippen molar-refractivity contribution in [2.75, 3.05) is 10.0 Å². The molecule has 0 unspecified atom stereocenters. The minimum atomic E-state index is -3.77. The Balaban J connectivity index is 1.47. The molecule has 0 atom stereocenters. The molecule has 0 spiro atoms. The molecule has 0 aliphatic heterocycles. The SMILES string of the molecule is Cc1cc(O)c(-c2cc(C(=O)Nc3ccc(S(=O)(=O)Nc4nccs4)cc3)[nH]n2)cc1C. The van der Waals surface area contributed by atoms with Crippen LogP contribution in [0.15, 0.2) is 58.9 Å². The second-order valence-electron chi connectivity index (χ2n) is 7.04. The summed E-state index contributed by atoms with van der Waals surface area (Å²) in [5, 5.41) is 21.6. The molecule has 0 aliphatic rings. The van der Waals surface area contributed by atoms with Crippen molar-refractivity contribution in [1.82, 2.24) is 15.2 Å². The van der Waals surface area contributed by atoms with Crippen molar-refractivity contribution in [2.24, 2.45) is 0 Å². The number of anilines is 2. The molecule has 0 fully saturated rings. The zero-order chi connectivity index (χ0) is 22.9. The van der Waals surface area contributed by atoms with E-state index < -0.39 is 15.9 Å². The lowest BCUT2D eigenvalue weighted by molar-refractivity contribution is 0.102. The molecule has 32 heavy (non-hydrogen) atoms. The first kappa shape index (κ1) is 21.5. The number of nitrogens with zero attached hydrogens (tertiary/aromatic N) is 2. The van der Waals surface area contributed by atoms with E-state index in [0.29, 0.717) is 16.9 Å². The number of thiazole rings is 1. The number of hydrogen-bond acceptors (Lipinski definition) is 7. The second kappa shape index (κ2) is 8.44. The number of H-pyrrole nitrogens is 1. The lowest BCUT2D eigenvalue weighted by Gasteiger charge is -2.07. The number of carbonyl (C=O) groups excluding carboxylic acids is 1. The van der Waals surface area contributed by atoms with Crippen LogP contribution in [0.3, 0.4) is 0 Å². The predicted molar refractivity (Wildman–Crippen MR) is 122 cm³/mol. The van der Waals surface area contributed by atoms with E-state index in [4.69, 9.17) is 0 Å². The fraction of sp³-hybridized carbons (Fsp3) is 0.0952. The van der Waals surface area contributed by atoms with E-state index in [-0.39, 0.29) is 21.5 Å². The second-order valence-corrected chi connectivity index (χ2v) is 9.62. The Kier molecular flexibility index (Phi) is 5.68. The van der Waals surface area contributed by atoms with E-state index >= 15 is 0 Å². The van der Waals surface area contributed by atoms with E-state index in [2.05, 4.69) is 25.2 Å². The maximum absolute atomic E-state index is 12.6. The smallest absolute Gasteiger partial charge is 0.273 e. The molecule has 164 valence electrons. The molecule has 0 bridgehead atoms. The number of aryl methyl sites for hydroxylation is 2. The summed E-state index contributed by atoms with van der Waals surface area (Å²) in [5.74, 6) is -0.377. The average molecular weight is 470 g/mol. The van der Waals surface area contributed by atoms with Gasteiger partial charge in [0.05, 0.1) is 10.6 Å². The molecule has 4 N–H and O–H groups in total. The fourth-order valence-corrected chi connectivity index (χ4v) is 4.73. The van der Waals surface area contributed by atoms with Gasteiger partial charge in [-0.25, -0.2) is 13.4 Å². The van der Waals surface area contributed by atoms with Crippen LogP contribution in [0.25, 0.3) is 11.3 Å². The van der Waals surface area contributed by atoms with Crippen LogP contribution in [0.4, 0.5) is 10.8 Å². The molecule has 0 radical (unpaired) electrons. The summed E-state index contributed by atoms with van der Waals surface area (Å²) < 4.78 is 27.2. The largest absolute Gasteiger partial charge is 0.507 e. The third-order valence-electron chi connectivity index (χ3n) is 4.79.